The predicted octanol–water partition coefficient (Wildman–Crippen LogP) is 4.91. The number of amides is 1. The van der Waals surface area contributed by atoms with Gasteiger partial charge >= 0.3 is 0 Å². The molecule has 1 amide bonds. The topological polar surface area (TPSA) is 70.2 Å². The number of nitrogens with zero attached hydrogens (tertiary/aromatic N) is 3. The van der Waals surface area contributed by atoms with Crippen LogP contribution in [0.4, 0.5) is 10.1 Å². The number of hydrogen-bond donors (Lipinski definition) is 1. The Bertz CT molecular complexity index is 1220. The van der Waals surface area contributed by atoms with E-state index in [1.807, 2.05) is 22.0 Å². The summed E-state index contributed by atoms with van der Waals surface area (Å²) >= 11 is 7.37. The molecule has 28 heavy (non-hydrogen) atoms. The number of nitrogens with one attached hydrogen (secondary N) is 1. The van der Waals surface area contributed by atoms with Gasteiger partial charge in [0.1, 0.15) is 11.9 Å². The van der Waals surface area contributed by atoms with Crippen molar-refractivity contribution in [1.29, 1.82) is 5.26 Å². The van der Waals surface area contributed by atoms with Gasteiger partial charge in [0.2, 0.25) is 5.91 Å². The van der Waals surface area contributed by atoms with Gasteiger partial charge in [-0.2, -0.15) is 5.26 Å². The van der Waals surface area contributed by atoms with Gasteiger partial charge in [-0.15, -0.1) is 11.3 Å². The molecule has 0 spiro atoms. The van der Waals surface area contributed by atoms with Gasteiger partial charge in [-0.1, -0.05) is 11.6 Å². The first-order chi connectivity index (χ1) is 13.5. The molecule has 0 fully saturated rings. The summed E-state index contributed by atoms with van der Waals surface area (Å²) in [5, 5.41) is 14.2. The van der Waals surface area contributed by atoms with Crippen LogP contribution in [-0.4, -0.2) is 15.3 Å². The fourth-order valence-electron chi connectivity index (χ4n) is 2.79. The van der Waals surface area contributed by atoms with Crippen LogP contribution in [0.2, 0.25) is 5.02 Å². The second-order valence-corrected chi connectivity index (χ2v) is 7.31. The molecule has 0 aliphatic carbocycles. The normalized spacial score (nSPS) is 10.8. The van der Waals surface area contributed by atoms with Crippen molar-refractivity contribution in [3.63, 3.8) is 0 Å². The first-order valence-corrected chi connectivity index (χ1v) is 9.50. The van der Waals surface area contributed by atoms with Gasteiger partial charge in [0, 0.05) is 27.9 Å². The summed E-state index contributed by atoms with van der Waals surface area (Å²) < 4.78 is 15.0. The maximum Gasteiger partial charge on any atom is 0.230 e. The van der Waals surface area contributed by atoms with Gasteiger partial charge < -0.3 is 5.32 Å². The number of halogens is 2. The highest BCUT2D eigenvalue weighted by molar-refractivity contribution is 7.15. The van der Waals surface area contributed by atoms with Crippen LogP contribution in [0.3, 0.4) is 0 Å². The minimum absolute atomic E-state index is 0.108. The highest BCUT2D eigenvalue weighted by Crippen LogP contribution is 2.25. The van der Waals surface area contributed by atoms with E-state index < -0.39 is 0 Å². The van der Waals surface area contributed by atoms with E-state index in [1.165, 1.54) is 23.5 Å². The zero-order valence-corrected chi connectivity index (χ0v) is 15.9. The number of thiazole rings is 1. The second kappa shape index (κ2) is 7.43. The Balaban J connectivity index is 1.57. The van der Waals surface area contributed by atoms with Crippen LogP contribution in [0.5, 0.6) is 0 Å². The maximum absolute atomic E-state index is 13.1. The number of benzene rings is 2. The molecular formula is C20H12ClFN4OS. The number of imidazole rings is 1. The summed E-state index contributed by atoms with van der Waals surface area (Å²) in [5.74, 6) is -0.574. The lowest BCUT2D eigenvalue weighted by Crippen LogP contribution is -2.16. The van der Waals surface area contributed by atoms with Gasteiger partial charge in [-0.3, -0.25) is 9.20 Å². The van der Waals surface area contributed by atoms with Gasteiger partial charge in [0.25, 0.3) is 0 Å². The molecule has 2 heterocycles. The van der Waals surface area contributed by atoms with E-state index in [4.69, 9.17) is 16.9 Å². The molecule has 138 valence electrons. The molecule has 0 saturated heterocycles. The molecule has 1 N–H and O–H groups in total. The molecular weight excluding hydrogens is 399 g/mol. The number of carbonyl (C=O) groups is 1. The molecule has 4 aromatic rings. The Morgan fingerprint density at radius 2 is 2.07 bits per heavy atom. The van der Waals surface area contributed by atoms with E-state index in [0.29, 0.717) is 22.0 Å². The molecule has 0 saturated carbocycles. The van der Waals surface area contributed by atoms with Gasteiger partial charge in [-0.25, -0.2) is 9.37 Å². The number of anilines is 1. The van der Waals surface area contributed by atoms with Crippen LogP contribution in [0, 0.1) is 17.1 Å². The van der Waals surface area contributed by atoms with E-state index in [9.17, 15) is 9.18 Å². The Morgan fingerprint density at radius 3 is 2.82 bits per heavy atom. The summed E-state index contributed by atoms with van der Waals surface area (Å²) in [4.78, 5) is 17.8. The molecule has 0 unspecified atom stereocenters. The molecule has 2 aromatic heterocycles. The van der Waals surface area contributed by atoms with E-state index in [-0.39, 0.29) is 18.1 Å². The predicted molar refractivity (Wildman–Crippen MR) is 107 cm³/mol. The van der Waals surface area contributed by atoms with Crippen molar-refractivity contribution in [2.45, 2.75) is 6.42 Å². The molecule has 4 rings (SSSR count). The number of carbonyl (C=O) groups excluding carboxylic acids is 1. The highest BCUT2D eigenvalue weighted by Gasteiger charge is 2.14. The first-order valence-electron chi connectivity index (χ1n) is 8.24. The summed E-state index contributed by atoms with van der Waals surface area (Å²) in [5.41, 5.74) is 2.98. The monoisotopic (exact) mass is 410 g/mol. The molecule has 5 nitrogen and oxygen atoms in total. The molecule has 2 aromatic carbocycles. The fourth-order valence-corrected chi connectivity index (χ4v) is 3.84. The lowest BCUT2D eigenvalue weighted by molar-refractivity contribution is -0.115. The van der Waals surface area contributed by atoms with Crippen LogP contribution in [0.25, 0.3) is 16.2 Å². The van der Waals surface area contributed by atoms with Crippen LogP contribution in [0.1, 0.15) is 11.3 Å². The van der Waals surface area contributed by atoms with Gasteiger partial charge in [0.15, 0.2) is 4.96 Å². The molecule has 0 aliphatic rings. The number of hydrogen-bond acceptors (Lipinski definition) is 4. The van der Waals surface area contributed by atoms with E-state index in [0.717, 1.165) is 16.2 Å². The first kappa shape index (κ1) is 18.2. The third-order valence-electron chi connectivity index (χ3n) is 4.14. The second-order valence-electron chi connectivity index (χ2n) is 6.04. The van der Waals surface area contributed by atoms with E-state index in [1.54, 1.807) is 30.3 Å². The molecule has 0 radical (unpaired) electrons. The quantitative estimate of drug-likeness (QED) is 0.519. The fraction of sp³-hybridized carbons (Fsp3) is 0.0500. The summed E-state index contributed by atoms with van der Waals surface area (Å²) in [7, 11) is 0. The van der Waals surface area contributed by atoms with Gasteiger partial charge in [-0.05, 0) is 42.5 Å². The lowest BCUT2D eigenvalue weighted by atomic mass is 10.2. The van der Waals surface area contributed by atoms with Crippen molar-refractivity contribution in [2.24, 2.45) is 0 Å². The van der Waals surface area contributed by atoms with Crippen molar-refractivity contribution in [2.75, 3.05) is 5.32 Å². The Labute approximate surface area is 168 Å². The zero-order valence-electron chi connectivity index (χ0n) is 14.3. The van der Waals surface area contributed by atoms with Crippen molar-refractivity contribution in [3.05, 3.63) is 76.1 Å². The highest BCUT2D eigenvalue weighted by atomic mass is 35.5. The number of rotatable bonds is 4. The minimum Gasteiger partial charge on any atom is -0.325 e. The largest absolute Gasteiger partial charge is 0.325 e. The number of aromatic nitrogens is 2. The maximum atomic E-state index is 13.1. The summed E-state index contributed by atoms with van der Waals surface area (Å²) in [6, 6.07) is 12.8. The number of nitriles is 1. The van der Waals surface area contributed by atoms with E-state index in [2.05, 4.69) is 10.3 Å². The van der Waals surface area contributed by atoms with Crippen molar-refractivity contribution in [1.82, 2.24) is 9.38 Å². The summed E-state index contributed by atoms with van der Waals surface area (Å²) in [6.45, 7) is 0. The average Bonchev–Trinajstić information content (AvgIpc) is 3.24. The van der Waals surface area contributed by atoms with Crippen LogP contribution in [-0.2, 0) is 11.2 Å². The smallest absolute Gasteiger partial charge is 0.230 e. The van der Waals surface area contributed by atoms with E-state index >= 15 is 0 Å². The lowest BCUT2D eigenvalue weighted by Gasteiger charge is -2.07. The Hall–Kier alpha value is -3.21. The molecule has 8 heteroatoms. The number of fused-ring (bicyclic) bond motifs is 1. The van der Waals surface area contributed by atoms with Crippen molar-refractivity contribution < 1.29 is 9.18 Å². The van der Waals surface area contributed by atoms with Crippen LogP contribution < -0.4 is 5.32 Å². The summed E-state index contributed by atoms with van der Waals surface area (Å²) in [6.07, 6.45) is 1.93. The molecule has 0 aliphatic heterocycles. The van der Waals surface area contributed by atoms with Crippen LogP contribution >= 0.6 is 22.9 Å². The SMILES string of the molecule is N#Cc1ccc(Cl)cc1NC(=O)Cc1csc2nc(-c3ccc(F)cc3)cn12. The van der Waals surface area contributed by atoms with Crippen LogP contribution in [0.15, 0.2) is 54.0 Å². The average molecular weight is 411 g/mol. The standard InChI is InChI=1S/C20H12ClFN4OS/c21-14-4-1-13(9-23)17(7-14)24-19(27)8-16-11-28-20-25-18(10-26(16)20)12-2-5-15(22)6-3-12/h1-7,10-11H,8H2,(H,24,27). The Kier molecular flexibility index (Phi) is 4.82. The van der Waals surface area contributed by atoms with Gasteiger partial charge in [0.05, 0.1) is 23.4 Å². The van der Waals surface area contributed by atoms with Crippen molar-refractivity contribution in [3.8, 4) is 17.3 Å². The zero-order chi connectivity index (χ0) is 19.7. The Morgan fingerprint density at radius 1 is 1.29 bits per heavy atom. The third-order valence-corrected chi connectivity index (χ3v) is 5.27. The molecule has 0 bridgehead atoms. The third kappa shape index (κ3) is 3.60. The van der Waals surface area contributed by atoms with Crippen molar-refractivity contribution >= 4 is 39.5 Å². The molecule has 0 atom stereocenters. The minimum atomic E-state index is -0.306.